The summed E-state index contributed by atoms with van der Waals surface area (Å²) in [4.78, 5) is 22.8. The van der Waals surface area contributed by atoms with Crippen LogP contribution in [0.3, 0.4) is 0 Å². The Morgan fingerprint density at radius 3 is 2.62 bits per heavy atom. The Bertz CT molecular complexity index is 737. The molecule has 0 spiro atoms. The zero-order chi connectivity index (χ0) is 17.5. The van der Waals surface area contributed by atoms with Crippen molar-refractivity contribution in [3.05, 3.63) is 58.4 Å². The molecule has 0 unspecified atom stereocenters. The first-order chi connectivity index (χ1) is 11.5. The number of amides is 1. The van der Waals surface area contributed by atoms with Crippen molar-refractivity contribution in [3.63, 3.8) is 0 Å². The van der Waals surface area contributed by atoms with Crippen LogP contribution in [0.5, 0.6) is 5.75 Å². The van der Waals surface area contributed by atoms with Gasteiger partial charge in [-0.15, -0.1) is 11.8 Å². The molecule has 0 heterocycles. The maximum atomic E-state index is 13.6. The van der Waals surface area contributed by atoms with Gasteiger partial charge in [0, 0.05) is 17.0 Å². The number of nitrogens with zero attached hydrogens (tertiary/aromatic N) is 1. The fraction of sp³-hybridized carbons (Fsp3) is 0.188. The second-order valence-electron chi connectivity index (χ2n) is 4.66. The van der Waals surface area contributed by atoms with Gasteiger partial charge in [0.1, 0.15) is 11.6 Å². The third-order valence-electron chi connectivity index (χ3n) is 2.94. The number of benzene rings is 2. The number of anilines is 1. The van der Waals surface area contributed by atoms with E-state index >= 15 is 0 Å². The fourth-order valence-corrected chi connectivity index (χ4v) is 2.56. The molecule has 0 aromatic heterocycles. The lowest BCUT2D eigenvalue weighted by Gasteiger charge is -2.07. The highest BCUT2D eigenvalue weighted by atomic mass is 32.2. The summed E-state index contributed by atoms with van der Waals surface area (Å²) < 4.78 is 18.9. The molecule has 0 fully saturated rings. The summed E-state index contributed by atoms with van der Waals surface area (Å²) in [6.07, 6.45) is 0. The summed E-state index contributed by atoms with van der Waals surface area (Å²) >= 11 is 1.27. The molecule has 0 atom stereocenters. The second-order valence-corrected chi connectivity index (χ2v) is 5.71. The molecule has 2 rings (SSSR count). The number of carbonyl (C=O) groups excluding carboxylic acids is 1. The third kappa shape index (κ3) is 4.95. The predicted octanol–water partition coefficient (Wildman–Crippen LogP) is 3.86. The quantitative estimate of drug-likeness (QED) is 0.466. The second kappa shape index (κ2) is 8.30. The van der Waals surface area contributed by atoms with Crippen LogP contribution in [0.4, 0.5) is 15.8 Å². The minimum absolute atomic E-state index is 0.0517. The maximum Gasteiger partial charge on any atom is 0.271 e. The predicted molar refractivity (Wildman–Crippen MR) is 90.0 cm³/mol. The van der Waals surface area contributed by atoms with E-state index in [4.69, 9.17) is 4.74 Å². The van der Waals surface area contributed by atoms with Crippen LogP contribution in [0.25, 0.3) is 0 Å². The summed E-state index contributed by atoms with van der Waals surface area (Å²) in [5.74, 6) is -0.380. The van der Waals surface area contributed by atoms with Crippen molar-refractivity contribution in [2.45, 2.75) is 11.8 Å². The zero-order valence-corrected chi connectivity index (χ0v) is 13.6. The first kappa shape index (κ1) is 17.7. The first-order valence-corrected chi connectivity index (χ1v) is 8.07. The number of non-ortho nitro benzene ring substituents is 1. The molecule has 8 heteroatoms. The summed E-state index contributed by atoms with van der Waals surface area (Å²) in [5.41, 5.74) is -0.493. The number of ether oxygens (including phenoxy) is 1. The van der Waals surface area contributed by atoms with Crippen molar-refractivity contribution in [1.82, 2.24) is 0 Å². The lowest BCUT2D eigenvalue weighted by atomic mass is 10.2. The smallest absolute Gasteiger partial charge is 0.271 e. The van der Waals surface area contributed by atoms with E-state index in [9.17, 15) is 19.3 Å². The maximum absolute atomic E-state index is 13.6. The molecule has 1 amide bonds. The molecule has 2 aromatic rings. The molecule has 0 saturated carbocycles. The molecule has 1 N–H and O–H groups in total. The van der Waals surface area contributed by atoms with Crippen molar-refractivity contribution in [3.8, 4) is 5.75 Å². The molecule has 2 aromatic carbocycles. The van der Waals surface area contributed by atoms with Crippen LogP contribution >= 0.6 is 11.8 Å². The number of rotatable bonds is 7. The van der Waals surface area contributed by atoms with Gasteiger partial charge in [-0.05, 0) is 37.3 Å². The van der Waals surface area contributed by atoms with Crippen LogP contribution in [0.2, 0.25) is 0 Å². The monoisotopic (exact) mass is 350 g/mol. The standard InChI is InChI=1S/C16H15FN2O4S/c1-2-23-12-4-6-13(7-5-12)24-10-16(20)18-15-9-11(19(21)22)3-8-14(15)17/h3-9H,2,10H2,1H3,(H,18,20). The highest BCUT2D eigenvalue weighted by molar-refractivity contribution is 8.00. The number of carbonyl (C=O) groups is 1. The van der Waals surface area contributed by atoms with E-state index in [1.807, 2.05) is 19.1 Å². The Hall–Kier alpha value is -2.61. The van der Waals surface area contributed by atoms with Crippen molar-refractivity contribution in [2.75, 3.05) is 17.7 Å². The van der Waals surface area contributed by atoms with E-state index < -0.39 is 16.6 Å². The molecule has 0 aliphatic carbocycles. The van der Waals surface area contributed by atoms with Gasteiger partial charge in [-0.3, -0.25) is 14.9 Å². The van der Waals surface area contributed by atoms with Gasteiger partial charge in [0.25, 0.3) is 5.69 Å². The fourth-order valence-electron chi connectivity index (χ4n) is 1.86. The van der Waals surface area contributed by atoms with E-state index in [1.165, 1.54) is 11.8 Å². The SMILES string of the molecule is CCOc1ccc(SCC(=O)Nc2cc([N+](=O)[O-])ccc2F)cc1. The number of thioether (sulfide) groups is 1. The van der Waals surface area contributed by atoms with Crippen molar-refractivity contribution >= 4 is 29.0 Å². The minimum atomic E-state index is -0.722. The summed E-state index contributed by atoms with van der Waals surface area (Å²) in [6.45, 7) is 2.46. The number of nitrogens with one attached hydrogen (secondary N) is 1. The molecule has 0 aliphatic rings. The van der Waals surface area contributed by atoms with Gasteiger partial charge in [0.2, 0.25) is 5.91 Å². The zero-order valence-electron chi connectivity index (χ0n) is 12.8. The van der Waals surface area contributed by atoms with Crippen LogP contribution in [0.15, 0.2) is 47.4 Å². The van der Waals surface area contributed by atoms with Crippen LogP contribution in [-0.4, -0.2) is 23.2 Å². The normalized spacial score (nSPS) is 10.2. The van der Waals surface area contributed by atoms with Crippen LogP contribution in [0.1, 0.15) is 6.92 Å². The number of nitro benzene ring substituents is 1. The van der Waals surface area contributed by atoms with E-state index in [1.54, 1.807) is 12.1 Å². The van der Waals surface area contributed by atoms with Gasteiger partial charge < -0.3 is 10.1 Å². The first-order valence-electron chi connectivity index (χ1n) is 7.09. The molecule has 0 bridgehead atoms. The van der Waals surface area contributed by atoms with Crippen LogP contribution in [0, 0.1) is 15.9 Å². The average Bonchev–Trinajstić information content (AvgIpc) is 2.56. The van der Waals surface area contributed by atoms with E-state index in [2.05, 4.69) is 5.32 Å². The molecular formula is C16H15FN2O4S. The third-order valence-corrected chi connectivity index (χ3v) is 3.95. The molecule has 0 aliphatic heterocycles. The van der Waals surface area contributed by atoms with Crippen molar-refractivity contribution in [1.29, 1.82) is 0 Å². The highest BCUT2D eigenvalue weighted by Gasteiger charge is 2.13. The highest BCUT2D eigenvalue weighted by Crippen LogP contribution is 2.24. The number of halogens is 1. The van der Waals surface area contributed by atoms with E-state index in [0.717, 1.165) is 28.8 Å². The minimum Gasteiger partial charge on any atom is -0.494 e. The van der Waals surface area contributed by atoms with Gasteiger partial charge in [-0.25, -0.2) is 4.39 Å². The molecule has 0 radical (unpaired) electrons. The summed E-state index contributed by atoms with van der Waals surface area (Å²) in [6, 6.07) is 10.2. The Morgan fingerprint density at radius 1 is 1.29 bits per heavy atom. The topological polar surface area (TPSA) is 81.5 Å². The Balaban J connectivity index is 1.93. The number of hydrogen-bond donors (Lipinski definition) is 1. The number of nitro groups is 1. The van der Waals surface area contributed by atoms with Crippen LogP contribution in [-0.2, 0) is 4.79 Å². The van der Waals surface area contributed by atoms with Gasteiger partial charge >= 0.3 is 0 Å². The van der Waals surface area contributed by atoms with E-state index in [0.29, 0.717) is 6.61 Å². The summed E-state index contributed by atoms with van der Waals surface area (Å²) in [7, 11) is 0. The lowest BCUT2D eigenvalue weighted by Crippen LogP contribution is -2.15. The van der Waals surface area contributed by atoms with E-state index in [-0.39, 0.29) is 17.1 Å². The summed E-state index contributed by atoms with van der Waals surface area (Å²) in [5, 5.41) is 13.0. The van der Waals surface area contributed by atoms with Crippen molar-refractivity contribution in [2.24, 2.45) is 0 Å². The molecule has 24 heavy (non-hydrogen) atoms. The van der Waals surface area contributed by atoms with Crippen molar-refractivity contribution < 1.29 is 18.8 Å². The van der Waals surface area contributed by atoms with Gasteiger partial charge in [-0.1, -0.05) is 0 Å². The molecule has 6 nitrogen and oxygen atoms in total. The Labute approximate surface area is 142 Å². The average molecular weight is 350 g/mol. The van der Waals surface area contributed by atoms with Gasteiger partial charge in [-0.2, -0.15) is 0 Å². The van der Waals surface area contributed by atoms with Crippen LogP contribution < -0.4 is 10.1 Å². The Kier molecular flexibility index (Phi) is 6.14. The molecule has 126 valence electrons. The lowest BCUT2D eigenvalue weighted by molar-refractivity contribution is -0.384. The molecule has 0 saturated heterocycles. The Morgan fingerprint density at radius 2 is 2.00 bits per heavy atom. The molecular weight excluding hydrogens is 335 g/mol. The largest absolute Gasteiger partial charge is 0.494 e. The van der Waals surface area contributed by atoms with Gasteiger partial charge in [0.05, 0.1) is 23.0 Å². The van der Waals surface area contributed by atoms with Gasteiger partial charge in [0.15, 0.2) is 0 Å². The number of hydrogen-bond acceptors (Lipinski definition) is 5.